The van der Waals surface area contributed by atoms with Gasteiger partial charge in [0.25, 0.3) is 0 Å². The molecule has 4 aromatic rings. The topological polar surface area (TPSA) is 99.2 Å². The van der Waals surface area contributed by atoms with Gasteiger partial charge in [-0.25, -0.2) is 19.7 Å². The highest BCUT2D eigenvalue weighted by Crippen LogP contribution is 2.33. The fraction of sp³-hybridized carbons (Fsp3) is 0.308. The summed E-state index contributed by atoms with van der Waals surface area (Å²) in [7, 11) is 0. The average Bonchev–Trinajstić information content (AvgIpc) is 3.43. The van der Waals surface area contributed by atoms with Crippen LogP contribution in [0.4, 0.5) is 10.6 Å². The number of amides is 1. The predicted octanol–water partition coefficient (Wildman–Crippen LogP) is 5.55. The van der Waals surface area contributed by atoms with Crippen LogP contribution in [0.25, 0.3) is 28.2 Å². The van der Waals surface area contributed by atoms with Gasteiger partial charge in [-0.15, -0.1) is 0 Å². The number of nitrogens with zero attached hydrogens (tertiary/aromatic N) is 5. The van der Waals surface area contributed by atoms with Gasteiger partial charge >= 0.3 is 6.09 Å². The number of carbonyl (C=O) groups is 1. The van der Waals surface area contributed by atoms with E-state index in [-0.39, 0.29) is 12.0 Å². The number of fused-ring (bicyclic) bond motifs is 1. The first kappa shape index (κ1) is 23.3. The van der Waals surface area contributed by atoms with E-state index in [1.807, 2.05) is 43.5 Å². The van der Waals surface area contributed by atoms with E-state index in [2.05, 4.69) is 50.2 Å². The number of hydrogen-bond donors (Lipinski definition) is 1. The summed E-state index contributed by atoms with van der Waals surface area (Å²) >= 11 is 3.49. The van der Waals surface area contributed by atoms with E-state index < -0.39 is 5.60 Å². The number of nitrogen functional groups attached to an aromatic ring is 1. The quantitative estimate of drug-likeness (QED) is 0.369. The molecule has 0 aliphatic carbocycles. The first-order valence-corrected chi connectivity index (χ1v) is 12.3. The molecule has 1 fully saturated rings. The molecular weight excluding hydrogens is 508 g/mol. The Morgan fingerprint density at radius 1 is 1.17 bits per heavy atom. The van der Waals surface area contributed by atoms with Crippen LogP contribution in [0, 0.1) is 0 Å². The minimum Gasteiger partial charge on any atom is -0.444 e. The molecule has 1 atom stereocenters. The Hall–Kier alpha value is -3.46. The summed E-state index contributed by atoms with van der Waals surface area (Å²) in [5.41, 5.74) is 10.0. The highest BCUT2D eigenvalue weighted by atomic mass is 79.9. The van der Waals surface area contributed by atoms with Crippen LogP contribution in [0.1, 0.15) is 38.7 Å². The maximum Gasteiger partial charge on any atom is 0.410 e. The second-order valence-electron chi connectivity index (χ2n) is 9.71. The average molecular weight is 535 g/mol. The zero-order valence-corrected chi connectivity index (χ0v) is 21.5. The van der Waals surface area contributed by atoms with Crippen molar-refractivity contribution in [2.45, 2.75) is 38.7 Å². The van der Waals surface area contributed by atoms with E-state index in [1.54, 1.807) is 17.3 Å². The van der Waals surface area contributed by atoms with Gasteiger partial charge in [0.2, 0.25) is 0 Å². The Bertz CT molecular complexity index is 1390. The number of aromatic nitrogens is 4. The molecule has 1 aliphatic heterocycles. The highest BCUT2D eigenvalue weighted by Gasteiger charge is 2.30. The third-order valence-corrected chi connectivity index (χ3v) is 6.44. The first-order valence-electron chi connectivity index (χ1n) is 11.5. The van der Waals surface area contributed by atoms with Gasteiger partial charge in [0.05, 0.1) is 5.56 Å². The van der Waals surface area contributed by atoms with Crippen LogP contribution in [-0.4, -0.2) is 49.2 Å². The van der Waals surface area contributed by atoms with Crippen LogP contribution in [0.2, 0.25) is 0 Å². The van der Waals surface area contributed by atoms with Crippen LogP contribution >= 0.6 is 15.9 Å². The van der Waals surface area contributed by atoms with Gasteiger partial charge < -0.3 is 15.4 Å². The number of pyridine rings is 2. The molecule has 4 heterocycles. The van der Waals surface area contributed by atoms with Gasteiger partial charge in [-0.2, -0.15) is 0 Å². The molecule has 0 bridgehead atoms. The van der Waals surface area contributed by atoms with E-state index in [0.717, 1.165) is 33.3 Å². The Morgan fingerprint density at radius 2 is 1.94 bits per heavy atom. The van der Waals surface area contributed by atoms with Crippen molar-refractivity contribution in [3.63, 3.8) is 0 Å². The normalized spacial score (nSPS) is 16.1. The molecule has 8 nitrogen and oxygen atoms in total. The molecule has 3 aromatic heterocycles. The summed E-state index contributed by atoms with van der Waals surface area (Å²) in [5.74, 6) is 1.35. The van der Waals surface area contributed by atoms with Gasteiger partial charge in [0.1, 0.15) is 16.9 Å². The zero-order valence-electron chi connectivity index (χ0n) is 19.9. The molecule has 1 unspecified atom stereocenters. The molecule has 0 saturated carbocycles. The van der Waals surface area contributed by atoms with E-state index in [1.165, 1.54) is 5.56 Å². The number of rotatable bonds is 3. The van der Waals surface area contributed by atoms with Gasteiger partial charge in [0, 0.05) is 41.6 Å². The largest absolute Gasteiger partial charge is 0.444 e. The number of carbonyl (C=O) groups excluding carboxylic acids is 1. The Morgan fingerprint density at radius 3 is 2.66 bits per heavy atom. The molecule has 0 radical (unpaired) electrons. The number of imidazole rings is 1. The zero-order chi connectivity index (χ0) is 24.7. The highest BCUT2D eigenvalue weighted by molar-refractivity contribution is 9.10. The van der Waals surface area contributed by atoms with E-state index >= 15 is 0 Å². The predicted molar refractivity (Wildman–Crippen MR) is 139 cm³/mol. The SMILES string of the molecule is CC(C)(C)OC(=O)N1CCC(c2ccc(-n3c(-c4cccnc4N)nc4cc(Br)cnc43)cc2)C1. The standard InChI is InChI=1S/C26H27BrN6O2/c1-26(2,3)35-25(34)32-12-10-17(15-32)16-6-8-19(9-7-16)33-23(20-5-4-11-29-22(20)28)31-21-13-18(27)14-30-24(21)33/h4-9,11,13-14,17H,10,12,15H2,1-3H3,(H2,28,29). The first-order chi connectivity index (χ1) is 16.7. The summed E-state index contributed by atoms with van der Waals surface area (Å²) < 4.78 is 8.39. The van der Waals surface area contributed by atoms with Gasteiger partial charge in [-0.05, 0) is 79.0 Å². The molecule has 0 spiro atoms. The maximum atomic E-state index is 12.5. The van der Waals surface area contributed by atoms with Crippen molar-refractivity contribution in [3.8, 4) is 17.1 Å². The van der Waals surface area contributed by atoms with Crippen molar-refractivity contribution in [2.24, 2.45) is 0 Å². The lowest BCUT2D eigenvalue weighted by molar-refractivity contribution is 0.0292. The molecule has 35 heavy (non-hydrogen) atoms. The van der Waals surface area contributed by atoms with Crippen molar-refractivity contribution in [1.82, 2.24) is 24.4 Å². The summed E-state index contributed by atoms with van der Waals surface area (Å²) in [5, 5.41) is 0. The minimum absolute atomic E-state index is 0.252. The third-order valence-electron chi connectivity index (χ3n) is 6.01. The number of halogens is 1. The van der Waals surface area contributed by atoms with Crippen LogP contribution in [0.15, 0.2) is 59.3 Å². The lowest BCUT2D eigenvalue weighted by Gasteiger charge is -2.24. The van der Waals surface area contributed by atoms with Crippen molar-refractivity contribution in [2.75, 3.05) is 18.8 Å². The number of hydrogen-bond acceptors (Lipinski definition) is 6. The molecule has 1 aliphatic rings. The molecule has 1 aromatic carbocycles. The summed E-state index contributed by atoms with van der Waals surface area (Å²) in [4.78, 5) is 28.0. The fourth-order valence-corrected chi connectivity index (χ4v) is 4.71. The number of ether oxygens (including phenoxy) is 1. The van der Waals surface area contributed by atoms with Crippen molar-refractivity contribution in [3.05, 3.63) is 64.9 Å². The smallest absolute Gasteiger partial charge is 0.410 e. The lowest BCUT2D eigenvalue weighted by Crippen LogP contribution is -2.35. The van der Waals surface area contributed by atoms with Crippen molar-refractivity contribution in [1.29, 1.82) is 0 Å². The monoisotopic (exact) mass is 534 g/mol. The summed E-state index contributed by atoms with van der Waals surface area (Å²) in [6, 6.07) is 14.0. The molecule has 180 valence electrons. The lowest BCUT2D eigenvalue weighted by atomic mass is 9.98. The number of anilines is 1. The van der Waals surface area contributed by atoms with Crippen LogP contribution in [0.5, 0.6) is 0 Å². The number of benzene rings is 1. The van der Waals surface area contributed by atoms with Crippen LogP contribution < -0.4 is 5.73 Å². The van der Waals surface area contributed by atoms with E-state index in [4.69, 9.17) is 15.5 Å². The van der Waals surface area contributed by atoms with Crippen molar-refractivity contribution >= 4 is 39.0 Å². The maximum absolute atomic E-state index is 12.5. The van der Waals surface area contributed by atoms with Gasteiger partial charge in [-0.1, -0.05) is 12.1 Å². The van der Waals surface area contributed by atoms with Gasteiger partial charge in [-0.3, -0.25) is 4.57 Å². The molecule has 2 N–H and O–H groups in total. The third kappa shape index (κ3) is 4.73. The van der Waals surface area contributed by atoms with E-state index in [9.17, 15) is 4.79 Å². The van der Waals surface area contributed by atoms with Crippen LogP contribution in [0.3, 0.4) is 0 Å². The molecular formula is C26H27BrN6O2. The number of nitrogens with two attached hydrogens (primary N) is 1. The summed E-state index contributed by atoms with van der Waals surface area (Å²) in [6.07, 6.45) is 4.07. The van der Waals surface area contributed by atoms with Crippen LogP contribution in [-0.2, 0) is 4.74 Å². The Labute approximate surface area is 212 Å². The molecule has 1 amide bonds. The number of likely N-dealkylation sites (tertiary alicyclic amines) is 1. The minimum atomic E-state index is -0.497. The Balaban J connectivity index is 1.47. The Kier molecular flexibility index (Phi) is 5.96. The van der Waals surface area contributed by atoms with Crippen molar-refractivity contribution < 1.29 is 9.53 Å². The van der Waals surface area contributed by atoms with E-state index in [0.29, 0.717) is 24.7 Å². The summed E-state index contributed by atoms with van der Waals surface area (Å²) in [6.45, 7) is 7.00. The second kappa shape index (κ2) is 8.96. The molecule has 5 rings (SSSR count). The second-order valence-corrected chi connectivity index (χ2v) is 10.6. The van der Waals surface area contributed by atoms with Gasteiger partial charge in [0.15, 0.2) is 11.5 Å². The fourth-order valence-electron chi connectivity index (χ4n) is 4.39. The molecule has 9 heteroatoms. The molecule has 1 saturated heterocycles.